The van der Waals surface area contributed by atoms with Gasteiger partial charge in [-0.05, 0) is 47.4 Å². The van der Waals surface area contributed by atoms with Crippen LogP contribution >= 0.6 is 11.3 Å². The number of nitrogens with zero attached hydrogens (tertiary/aromatic N) is 3. The summed E-state index contributed by atoms with van der Waals surface area (Å²) in [6.45, 7) is 0. The Morgan fingerprint density at radius 2 is 1.69 bits per heavy atom. The second kappa shape index (κ2) is 8.69. The van der Waals surface area contributed by atoms with Crippen molar-refractivity contribution >= 4 is 28.9 Å². The predicted molar refractivity (Wildman–Crippen MR) is 138 cm³/mol. The quantitative estimate of drug-likeness (QED) is 0.319. The number of Topliss-reactive ketones (excluding diaryl/α,β-unsaturated/α-hetero) is 1. The van der Waals surface area contributed by atoms with E-state index in [-0.39, 0.29) is 35.2 Å². The third-order valence-electron chi connectivity index (χ3n) is 7.49. The van der Waals surface area contributed by atoms with E-state index in [4.69, 9.17) is 0 Å². The Kier molecular flexibility index (Phi) is 5.36. The third kappa shape index (κ3) is 3.52. The Balaban J connectivity index is 1.61. The normalized spacial score (nSPS) is 24.1. The molecule has 1 aromatic heterocycles. The summed E-state index contributed by atoms with van der Waals surface area (Å²) in [5.41, 5.74) is 3.96. The van der Waals surface area contributed by atoms with E-state index in [1.807, 2.05) is 53.9 Å². The molecular weight excluding hydrogens is 450 g/mol. The highest BCUT2D eigenvalue weighted by molar-refractivity contribution is 7.10. The average molecular weight is 474 g/mol. The Hall–Kier alpha value is -3.93. The van der Waals surface area contributed by atoms with Gasteiger partial charge >= 0.3 is 0 Å². The van der Waals surface area contributed by atoms with Crippen molar-refractivity contribution in [1.29, 1.82) is 10.5 Å². The molecule has 1 saturated carbocycles. The van der Waals surface area contributed by atoms with Crippen LogP contribution in [0.3, 0.4) is 0 Å². The monoisotopic (exact) mass is 473 g/mol. The van der Waals surface area contributed by atoms with Crippen molar-refractivity contribution in [3.05, 3.63) is 105 Å². The van der Waals surface area contributed by atoms with Crippen molar-refractivity contribution in [2.75, 3.05) is 4.90 Å². The topological polar surface area (TPSA) is 67.9 Å². The molecule has 0 spiro atoms. The first-order valence-electron chi connectivity index (χ1n) is 12.0. The maximum Gasteiger partial charge on any atom is 0.185 e. The molecule has 170 valence electrons. The summed E-state index contributed by atoms with van der Waals surface area (Å²) in [5, 5.41) is 21.9. The lowest BCUT2D eigenvalue weighted by Crippen LogP contribution is -2.43. The molecule has 6 rings (SSSR count). The highest BCUT2D eigenvalue weighted by atomic mass is 32.1. The number of thiophene rings is 1. The van der Waals surface area contributed by atoms with Gasteiger partial charge in [-0.25, -0.2) is 0 Å². The summed E-state index contributed by atoms with van der Waals surface area (Å²) in [5.74, 6) is 0.0236. The fourth-order valence-corrected chi connectivity index (χ4v) is 6.88. The molecule has 2 fully saturated rings. The van der Waals surface area contributed by atoms with Crippen molar-refractivity contribution in [2.45, 2.75) is 30.8 Å². The number of fused-ring (bicyclic) bond motifs is 3. The Morgan fingerprint density at radius 3 is 2.37 bits per heavy atom. The summed E-state index contributed by atoms with van der Waals surface area (Å²) in [4.78, 5) is 17.7. The van der Waals surface area contributed by atoms with Gasteiger partial charge in [0.05, 0.1) is 6.04 Å². The van der Waals surface area contributed by atoms with Crippen LogP contribution in [0.15, 0.2) is 89.3 Å². The molecule has 5 heteroatoms. The molecule has 2 aliphatic heterocycles. The van der Waals surface area contributed by atoms with Gasteiger partial charge < -0.3 is 4.90 Å². The summed E-state index contributed by atoms with van der Waals surface area (Å²) in [6.07, 6.45) is 6.29. The minimum Gasteiger partial charge on any atom is -0.353 e. The van der Waals surface area contributed by atoms with Gasteiger partial charge in [-0.2, -0.15) is 10.5 Å². The van der Waals surface area contributed by atoms with E-state index >= 15 is 0 Å². The van der Waals surface area contributed by atoms with Crippen LogP contribution in [0.1, 0.15) is 39.6 Å². The fraction of sp³-hybridized carbons (Fsp3) is 0.233. The highest BCUT2D eigenvalue weighted by Crippen LogP contribution is 2.56. The number of carbonyl (C=O) groups is 1. The van der Waals surface area contributed by atoms with Crippen LogP contribution in [0.4, 0.5) is 5.69 Å². The highest BCUT2D eigenvalue weighted by Gasteiger charge is 2.56. The first-order chi connectivity index (χ1) is 17.2. The molecule has 4 atom stereocenters. The molecule has 3 aliphatic rings. The molecule has 2 aromatic carbocycles. The largest absolute Gasteiger partial charge is 0.353 e. The van der Waals surface area contributed by atoms with Crippen molar-refractivity contribution in [2.24, 2.45) is 11.8 Å². The molecule has 1 aliphatic carbocycles. The standard InChI is InChI=1S/C30H23N3OS/c31-17-22(18-32)26(20-12-13-20)27-24-15-14-19-7-4-5-10-23(19)33(24)29(28(27)25-11-6-16-35-25)30(34)21-8-2-1-3-9-21/h1-11,14-16,20,24,27-29H,12-13H2/t24-,27+,28-,29-/m0/s1. The van der Waals surface area contributed by atoms with Gasteiger partial charge in [-0.15, -0.1) is 11.3 Å². The zero-order valence-electron chi connectivity index (χ0n) is 19.0. The van der Waals surface area contributed by atoms with Gasteiger partial charge in [-0.3, -0.25) is 4.79 Å². The predicted octanol–water partition coefficient (Wildman–Crippen LogP) is 6.37. The van der Waals surface area contributed by atoms with Crippen molar-refractivity contribution in [3.63, 3.8) is 0 Å². The number of allylic oxidation sites excluding steroid dienone is 1. The molecule has 0 radical (unpaired) electrons. The second-order valence-corrected chi connectivity index (χ2v) is 10.4. The number of carbonyl (C=O) groups excluding carboxylic acids is 1. The van der Waals surface area contributed by atoms with Crippen LogP contribution in [0.25, 0.3) is 6.08 Å². The number of ketones is 1. The number of anilines is 1. The van der Waals surface area contributed by atoms with Crippen LogP contribution in [-0.4, -0.2) is 17.9 Å². The van der Waals surface area contributed by atoms with Crippen LogP contribution in [-0.2, 0) is 0 Å². The summed E-state index contributed by atoms with van der Waals surface area (Å²) in [7, 11) is 0. The molecule has 4 nitrogen and oxygen atoms in total. The fourth-order valence-electron chi connectivity index (χ4n) is 5.97. The summed E-state index contributed by atoms with van der Waals surface area (Å²) < 4.78 is 0. The molecule has 0 unspecified atom stereocenters. The molecule has 3 heterocycles. The minimum atomic E-state index is -0.440. The lowest BCUT2D eigenvalue weighted by molar-refractivity contribution is 0.0953. The average Bonchev–Trinajstić information content (AvgIpc) is 3.48. The number of hydrogen-bond acceptors (Lipinski definition) is 5. The van der Waals surface area contributed by atoms with Gasteiger partial charge in [-0.1, -0.05) is 66.7 Å². The molecule has 35 heavy (non-hydrogen) atoms. The minimum absolute atomic E-state index is 0.0761. The van der Waals surface area contributed by atoms with Crippen molar-refractivity contribution in [3.8, 4) is 12.1 Å². The van der Waals surface area contributed by atoms with Crippen LogP contribution in [0.2, 0.25) is 0 Å². The van der Waals surface area contributed by atoms with Gasteiger partial charge in [0, 0.05) is 28.0 Å². The zero-order chi connectivity index (χ0) is 23.9. The molecular formula is C30H23N3OS. The number of rotatable bonds is 5. The van der Waals surface area contributed by atoms with Gasteiger partial charge in [0.25, 0.3) is 0 Å². The maximum atomic E-state index is 14.3. The van der Waals surface area contributed by atoms with Crippen LogP contribution in [0.5, 0.6) is 0 Å². The molecule has 0 bridgehead atoms. The smallest absolute Gasteiger partial charge is 0.185 e. The SMILES string of the molecule is N#CC(C#N)=C(C1CC1)[C@@H]1[C@H](c2cccs2)[C@@H](C(=O)c2ccccc2)N2c3ccccc3C=C[C@@H]12. The number of nitriles is 2. The Morgan fingerprint density at radius 1 is 0.943 bits per heavy atom. The summed E-state index contributed by atoms with van der Waals surface area (Å²) in [6, 6.07) is 25.7. The Labute approximate surface area is 209 Å². The lowest BCUT2D eigenvalue weighted by Gasteiger charge is -2.35. The van der Waals surface area contributed by atoms with Crippen molar-refractivity contribution in [1.82, 2.24) is 0 Å². The molecule has 0 N–H and O–H groups in total. The van der Waals surface area contributed by atoms with Crippen LogP contribution in [0, 0.1) is 34.5 Å². The zero-order valence-corrected chi connectivity index (χ0v) is 19.9. The molecule has 3 aromatic rings. The van der Waals surface area contributed by atoms with Gasteiger partial charge in [0.15, 0.2) is 5.78 Å². The first-order valence-corrected chi connectivity index (χ1v) is 12.8. The Bertz CT molecular complexity index is 1400. The van der Waals surface area contributed by atoms with Crippen molar-refractivity contribution < 1.29 is 4.79 Å². The lowest BCUT2D eigenvalue weighted by atomic mass is 9.75. The molecule has 1 saturated heterocycles. The molecule has 0 amide bonds. The number of hydrogen-bond donors (Lipinski definition) is 0. The van der Waals surface area contributed by atoms with E-state index < -0.39 is 6.04 Å². The van der Waals surface area contributed by atoms with E-state index in [2.05, 4.69) is 47.4 Å². The summed E-state index contributed by atoms with van der Waals surface area (Å²) >= 11 is 1.65. The van der Waals surface area contributed by atoms with E-state index in [1.54, 1.807) is 11.3 Å². The second-order valence-electron chi connectivity index (χ2n) is 9.39. The van der Waals surface area contributed by atoms with E-state index in [9.17, 15) is 15.3 Å². The van der Waals surface area contributed by atoms with Gasteiger partial charge in [0.1, 0.15) is 23.8 Å². The van der Waals surface area contributed by atoms with E-state index in [1.165, 1.54) is 0 Å². The third-order valence-corrected chi connectivity index (χ3v) is 8.46. The van der Waals surface area contributed by atoms with E-state index in [0.717, 1.165) is 34.5 Å². The van der Waals surface area contributed by atoms with Gasteiger partial charge in [0.2, 0.25) is 0 Å². The maximum absolute atomic E-state index is 14.3. The first kappa shape index (κ1) is 21.6. The number of para-hydroxylation sites is 1. The van der Waals surface area contributed by atoms with E-state index in [0.29, 0.717) is 5.56 Å². The van der Waals surface area contributed by atoms with Crippen LogP contribution < -0.4 is 4.90 Å². The number of benzene rings is 2.